The van der Waals surface area contributed by atoms with Crippen molar-refractivity contribution in [2.75, 3.05) is 0 Å². The molecule has 7 nitrogen and oxygen atoms in total. The lowest BCUT2D eigenvalue weighted by molar-refractivity contribution is -0.132. The van der Waals surface area contributed by atoms with Gasteiger partial charge in [-0.25, -0.2) is 4.79 Å². The van der Waals surface area contributed by atoms with Crippen LogP contribution >= 0.6 is 0 Å². The van der Waals surface area contributed by atoms with E-state index in [1.165, 1.54) is 0 Å². The fourth-order valence-electron chi connectivity index (χ4n) is 2.63. The average molecular weight is 367 g/mol. The molecule has 140 valence electrons. The molecule has 1 aliphatic rings. The van der Waals surface area contributed by atoms with E-state index in [4.69, 9.17) is 4.74 Å². The van der Waals surface area contributed by atoms with Crippen LogP contribution < -0.4 is 15.5 Å². The van der Waals surface area contributed by atoms with Gasteiger partial charge in [0.1, 0.15) is 17.9 Å². The molecule has 0 bridgehead atoms. The van der Waals surface area contributed by atoms with Crippen molar-refractivity contribution in [1.29, 1.82) is 0 Å². The van der Waals surface area contributed by atoms with Crippen molar-refractivity contribution in [2.24, 2.45) is 0 Å². The highest BCUT2D eigenvalue weighted by Crippen LogP contribution is 2.19. The van der Waals surface area contributed by atoms with Gasteiger partial charge in [0.25, 0.3) is 11.8 Å². The number of nitrogens with zero attached hydrogens (tertiary/aromatic N) is 1. The quantitative estimate of drug-likeness (QED) is 0.769. The summed E-state index contributed by atoms with van der Waals surface area (Å²) in [5.74, 6) is -0.248. The molecule has 1 aliphatic heterocycles. The van der Waals surface area contributed by atoms with E-state index in [1.54, 1.807) is 38.1 Å². The largest absolute Gasteiger partial charge is 0.489 e. The van der Waals surface area contributed by atoms with Gasteiger partial charge in [0, 0.05) is 5.56 Å². The first-order chi connectivity index (χ1) is 12.9. The Balaban J connectivity index is 1.61. The third-order valence-corrected chi connectivity index (χ3v) is 4.55. The fourth-order valence-corrected chi connectivity index (χ4v) is 2.63. The SMILES string of the molecule is CC[C@@]1(C)NC(=O)N(NC(=O)c2ccc(COc3ccccc3)cc2)C1=O. The molecule has 0 unspecified atom stereocenters. The number of hydrazine groups is 1. The number of imide groups is 1. The zero-order valence-electron chi connectivity index (χ0n) is 15.2. The van der Waals surface area contributed by atoms with Crippen molar-refractivity contribution >= 4 is 17.8 Å². The minimum atomic E-state index is -0.997. The first-order valence-corrected chi connectivity index (χ1v) is 8.67. The van der Waals surface area contributed by atoms with Crippen LogP contribution in [0.3, 0.4) is 0 Å². The summed E-state index contributed by atoms with van der Waals surface area (Å²) in [6.45, 7) is 3.79. The Morgan fingerprint density at radius 2 is 1.78 bits per heavy atom. The van der Waals surface area contributed by atoms with E-state index >= 15 is 0 Å². The van der Waals surface area contributed by atoms with Gasteiger partial charge in [-0.2, -0.15) is 5.01 Å². The second kappa shape index (κ2) is 7.49. The number of nitrogens with one attached hydrogen (secondary N) is 2. The van der Waals surface area contributed by atoms with Gasteiger partial charge in [0.15, 0.2) is 0 Å². The Bertz CT molecular complexity index is 851. The lowest BCUT2D eigenvalue weighted by Gasteiger charge is -2.19. The van der Waals surface area contributed by atoms with Gasteiger partial charge in [0.2, 0.25) is 0 Å². The van der Waals surface area contributed by atoms with E-state index in [2.05, 4.69) is 10.7 Å². The Morgan fingerprint density at radius 3 is 2.37 bits per heavy atom. The number of hydrogen-bond donors (Lipinski definition) is 2. The molecule has 3 rings (SSSR count). The molecular weight excluding hydrogens is 346 g/mol. The Kier molecular flexibility index (Phi) is 5.12. The van der Waals surface area contributed by atoms with Gasteiger partial charge in [-0.15, -0.1) is 0 Å². The highest BCUT2D eigenvalue weighted by molar-refractivity contribution is 6.09. The molecule has 4 amide bonds. The second-order valence-corrected chi connectivity index (χ2v) is 6.50. The summed E-state index contributed by atoms with van der Waals surface area (Å²) in [4.78, 5) is 36.6. The number of hydrogen-bond acceptors (Lipinski definition) is 4. The van der Waals surface area contributed by atoms with Gasteiger partial charge in [-0.05, 0) is 43.2 Å². The van der Waals surface area contributed by atoms with Gasteiger partial charge >= 0.3 is 6.03 Å². The second-order valence-electron chi connectivity index (χ2n) is 6.50. The number of rotatable bonds is 6. The van der Waals surface area contributed by atoms with Crippen molar-refractivity contribution in [1.82, 2.24) is 15.8 Å². The molecule has 2 aromatic carbocycles. The number of benzene rings is 2. The molecule has 7 heteroatoms. The standard InChI is InChI=1S/C20H21N3O4/c1-3-20(2)18(25)23(19(26)21-20)22-17(24)15-11-9-14(10-12-15)13-27-16-7-5-4-6-8-16/h4-12H,3,13H2,1-2H3,(H,21,26)(H,22,24)/t20-/m1/s1. The molecule has 0 spiro atoms. The minimum absolute atomic E-state index is 0.337. The molecule has 2 N–H and O–H groups in total. The van der Waals surface area contributed by atoms with Crippen molar-refractivity contribution in [3.8, 4) is 5.75 Å². The lowest BCUT2D eigenvalue weighted by Crippen LogP contribution is -2.48. The summed E-state index contributed by atoms with van der Waals surface area (Å²) < 4.78 is 5.66. The summed E-state index contributed by atoms with van der Waals surface area (Å²) in [6.07, 6.45) is 0.431. The number of carbonyl (C=O) groups is 3. The molecular formula is C20H21N3O4. The number of para-hydroxylation sites is 1. The molecule has 1 saturated heterocycles. The molecule has 0 aromatic heterocycles. The van der Waals surface area contributed by atoms with Crippen LogP contribution in [0.25, 0.3) is 0 Å². The monoisotopic (exact) mass is 367 g/mol. The highest BCUT2D eigenvalue weighted by Gasteiger charge is 2.47. The number of amides is 4. The maximum absolute atomic E-state index is 12.4. The van der Waals surface area contributed by atoms with Crippen LogP contribution in [0.4, 0.5) is 4.79 Å². The Hall–Kier alpha value is -3.35. The van der Waals surface area contributed by atoms with Gasteiger partial charge < -0.3 is 10.1 Å². The topological polar surface area (TPSA) is 87.7 Å². The van der Waals surface area contributed by atoms with Crippen LogP contribution in [-0.4, -0.2) is 28.4 Å². The smallest absolute Gasteiger partial charge is 0.344 e. The van der Waals surface area contributed by atoms with Crippen molar-refractivity contribution < 1.29 is 19.1 Å². The minimum Gasteiger partial charge on any atom is -0.489 e. The molecule has 0 aliphatic carbocycles. The predicted molar refractivity (Wildman–Crippen MR) is 98.8 cm³/mol. The van der Waals surface area contributed by atoms with Crippen molar-refractivity contribution in [3.63, 3.8) is 0 Å². The maximum atomic E-state index is 12.4. The van der Waals surface area contributed by atoms with Crippen LogP contribution in [0, 0.1) is 0 Å². The highest BCUT2D eigenvalue weighted by atomic mass is 16.5. The third kappa shape index (κ3) is 3.92. The molecule has 0 saturated carbocycles. The molecule has 0 radical (unpaired) electrons. The first-order valence-electron chi connectivity index (χ1n) is 8.67. The summed E-state index contributed by atoms with van der Waals surface area (Å²) in [5, 5.41) is 3.32. The van der Waals surface area contributed by atoms with E-state index in [1.807, 2.05) is 30.3 Å². The summed E-state index contributed by atoms with van der Waals surface area (Å²) in [6, 6.07) is 15.6. The van der Waals surface area contributed by atoms with Crippen LogP contribution in [0.1, 0.15) is 36.2 Å². The van der Waals surface area contributed by atoms with Crippen molar-refractivity contribution in [2.45, 2.75) is 32.4 Å². The molecule has 27 heavy (non-hydrogen) atoms. The van der Waals surface area contributed by atoms with Crippen LogP contribution in [-0.2, 0) is 11.4 Å². The molecule has 1 heterocycles. The molecule has 1 atom stereocenters. The van der Waals surface area contributed by atoms with E-state index < -0.39 is 23.4 Å². The van der Waals surface area contributed by atoms with E-state index in [9.17, 15) is 14.4 Å². The summed E-state index contributed by atoms with van der Waals surface area (Å²) in [5.41, 5.74) is 2.60. The maximum Gasteiger partial charge on any atom is 0.344 e. The predicted octanol–water partition coefficient (Wildman–Crippen LogP) is 2.63. The van der Waals surface area contributed by atoms with E-state index in [0.29, 0.717) is 18.6 Å². The number of urea groups is 1. The summed E-state index contributed by atoms with van der Waals surface area (Å²) in [7, 11) is 0. The van der Waals surface area contributed by atoms with Gasteiger partial charge in [-0.3, -0.25) is 15.0 Å². The molecule has 2 aromatic rings. The fraction of sp³-hybridized carbons (Fsp3) is 0.250. The van der Waals surface area contributed by atoms with E-state index in [-0.39, 0.29) is 0 Å². The average Bonchev–Trinajstić information content (AvgIpc) is 2.91. The first kappa shape index (κ1) is 18.4. The zero-order chi connectivity index (χ0) is 19.4. The number of carbonyl (C=O) groups excluding carboxylic acids is 3. The molecule has 1 fully saturated rings. The third-order valence-electron chi connectivity index (χ3n) is 4.55. The van der Waals surface area contributed by atoms with E-state index in [0.717, 1.165) is 16.3 Å². The number of ether oxygens (including phenoxy) is 1. The normalized spacial score (nSPS) is 19.0. The Morgan fingerprint density at radius 1 is 1.11 bits per heavy atom. The van der Waals surface area contributed by atoms with Gasteiger partial charge in [-0.1, -0.05) is 37.3 Å². The van der Waals surface area contributed by atoms with Crippen LogP contribution in [0.5, 0.6) is 5.75 Å². The zero-order valence-corrected chi connectivity index (χ0v) is 15.2. The summed E-state index contributed by atoms with van der Waals surface area (Å²) >= 11 is 0. The Labute approximate surface area is 157 Å². The van der Waals surface area contributed by atoms with Gasteiger partial charge in [0.05, 0.1) is 0 Å². The van der Waals surface area contributed by atoms with Crippen molar-refractivity contribution in [3.05, 3.63) is 65.7 Å². The van der Waals surface area contributed by atoms with Crippen LogP contribution in [0.2, 0.25) is 0 Å². The van der Waals surface area contributed by atoms with Crippen LogP contribution in [0.15, 0.2) is 54.6 Å². The lowest BCUT2D eigenvalue weighted by atomic mass is 10.00.